The van der Waals surface area contributed by atoms with Crippen LogP contribution in [0.1, 0.15) is 0 Å². The van der Waals surface area contributed by atoms with Crippen molar-refractivity contribution in [1.29, 1.82) is 0 Å². The summed E-state index contributed by atoms with van der Waals surface area (Å²) in [6.45, 7) is 0. The van der Waals surface area contributed by atoms with E-state index in [0.717, 1.165) is 84.7 Å². The molecule has 0 unspecified atom stereocenters. The first-order valence-electron chi connectivity index (χ1n) is 21.6. The van der Waals surface area contributed by atoms with Gasteiger partial charge >= 0.3 is 0 Å². The Morgan fingerprint density at radius 1 is 0.273 bits per heavy atom. The molecule has 0 spiro atoms. The van der Waals surface area contributed by atoms with Crippen molar-refractivity contribution in [2.24, 2.45) is 0 Å². The molecule has 7 aromatic heterocycles. The van der Waals surface area contributed by atoms with Gasteiger partial charge in [-0.25, -0.2) is 43.1 Å². The molecule has 0 saturated carbocycles. The molecule has 7 heterocycles. The molecule has 13 aromatic rings. The minimum absolute atomic E-state index is 0.674. The zero-order valence-corrected chi connectivity index (χ0v) is 35.2. The molecular weight excluding hydrogens is 817 g/mol. The fraction of sp³-hybridized carbons (Fsp3) is 0. The molecule has 0 atom stereocenters. The number of hydrogen-bond acceptors (Lipinski definition) is 9. The van der Waals surface area contributed by atoms with E-state index >= 15 is 0 Å². The Balaban J connectivity index is 1.12. The van der Waals surface area contributed by atoms with Gasteiger partial charge in [-0.3, -0.25) is 14.7 Å². The molecule has 0 N–H and O–H groups in total. The summed E-state index contributed by atoms with van der Waals surface area (Å²) in [5.74, 6) is 4.40. The molecule has 13 rings (SSSR count). The summed E-state index contributed by atoms with van der Waals surface area (Å²) in [5, 5.41) is 0. The summed E-state index contributed by atoms with van der Waals surface area (Å²) in [6, 6.07) is 67.8. The molecular formula is C54H36N12. The average molecular weight is 853 g/mol. The van der Waals surface area contributed by atoms with Crippen LogP contribution in [0.4, 0.5) is 51.6 Å². The third-order valence-corrected chi connectivity index (χ3v) is 11.9. The Bertz CT molecular complexity index is 3320. The molecule has 312 valence electrons. The smallest absolute Gasteiger partial charge is 0.225 e. The third kappa shape index (κ3) is 6.00. The lowest BCUT2D eigenvalue weighted by atomic mass is 10.2. The van der Waals surface area contributed by atoms with Crippen molar-refractivity contribution in [2.45, 2.75) is 0 Å². The topological polar surface area (TPSA) is 100 Å². The molecule has 0 amide bonds. The van der Waals surface area contributed by atoms with Crippen LogP contribution in [-0.2, 0) is 0 Å². The third-order valence-electron chi connectivity index (χ3n) is 11.9. The molecule has 12 nitrogen and oxygen atoms in total. The number of para-hydroxylation sites is 3. The number of imidazole rings is 3. The number of pyridine rings is 3. The van der Waals surface area contributed by atoms with Gasteiger partial charge < -0.3 is 0 Å². The van der Waals surface area contributed by atoms with E-state index in [9.17, 15) is 0 Å². The summed E-state index contributed by atoms with van der Waals surface area (Å²) >= 11 is 0. The largest absolute Gasteiger partial charge is 0.295 e. The van der Waals surface area contributed by atoms with Crippen LogP contribution in [0.25, 0.3) is 50.4 Å². The van der Waals surface area contributed by atoms with Crippen LogP contribution in [0.3, 0.4) is 0 Å². The van der Waals surface area contributed by atoms with E-state index in [1.54, 1.807) is 0 Å². The lowest BCUT2D eigenvalue weighted by Gasteiger charge is -2.24. The maximum Gasteiger partial charge on any atom is 0.225 e. The van der Waals surface area contributed by atoms with Crippen molar-refractivity contribution in [3.05, 3.63) is 219 Å². The van der Waals surface area contributed by atoms with Crippen LogP contribution < -0.4 is 14.7 Å². The zero-order valence-electron chi connectivity index (χ0n) is 35.2. The number of hydrogen-bond donors (Lipinski definition) is 0. The summed E-state index contributed by atoms with van der Waals surface area (Å²) < 4.78 is 6.47. The molecule has 0 aliphatic heterocycles. The normalized spacial score (nSPS) is 11.6. The van der Waals surface area contributed by atoms with Gasteiger partial charge in [0, 0.05) is 52.7 Å². The van der Waals surface area contributed by atoms with Gasteiger partial charge in [0.25, 0.3) is 0 Å². The Labute approximate surface area is 377 Å². The minimum atomic E-state index is 0.674. The number of fused-ring (bicyclic) bond motifs is 12. The van der Waals surface area contributed by atoms with Gasteiger partial charge in [0.1, 0.15) is 17.5 Å². The highest BCUT2D eigenvalue weighted by Crippen LogP contribution is 2.40. The molecule has 0 saturated heterocycles. The minimum Gasteiger partial charge on any atom is -0.295 e. The second-order valence-electron chi connectivity index (χ2n) is 15.8. The van der Waals surface area contributed by atoms with E-state index in [2.05, 4.69) is 119 Å². The first-order chi connectivity index (χ1) is 32.7. The summed E-state index contributed by atoms with van der Waals surface area (Å²) in [6.07, 6.45) is 5.46. The van der Waals surface area contributed by atoms with Crippen molar-refractivity contribution in [3.8, 4) is 0 Å². The van der Waals surface area contributed by atoms with Crippen LogP contribution in [0.2, 0.25) is 0 Å². The molecule has 0 aliphatic carbocycles. The molecule has 0 fully saturated rings. The van der Waals surface area contributed by atoms with Crippen molar-refractivity contribution >= 4 is 102 Å². The van der Waals surface area contributed by atoms with Gasteiger partial charge in [-0.1, -0.05) is 72.8 Å². The number of anilines is 9. The molecule has 0 radical (unpaired) electrons. The van der Waals surface area contributed by atoms with Crippen LogP contribution in [0.5, 0.6) is 0 Å². The van der Waals surface area contributed by atoms with E-state index in [1.807, 2.05) is 128 Å². The monoisotopic (exact) mass is 852 g/mol. The number of nitrogens with zero attached hydrogens (tertiary/aromatic N) is 12. The van der Waals surface area contributed by atoms with E-state index in [0.29, 0.717) is 17.3 Å². The van der Waals surface area contributed by atoms with Crippen molar-refractivity contribution in [2.75, 3.05) is 14.7 Å². The van der Waals surface area contributed by atoms with E-state index in [4.69, 9.17) is 29.9 Å². The first kappa shape index (κ1) is 37.2. The molecule has 12 heteroatoms. The first-order valence-corrected chi connectivity index (χ1v) is 21.6. The van der Waals surface area contributed by atoms with E-state index in [-0.39, 0.29) is 0 Å². The van der Waals surface area contributed by atoms with Gasteiger partial charge in [0.05, 0.1) is 33.1 Å². The Hall–Kier alpha value is -9.42. The maximum atomic E-state index is 5.40. The molecule has 66 heavy (non-hydrogen) atoms. The van der Waals surface area contributed by atoms with Crippen LogP contribution in [-0.4, -0.2) is 43.1 Å². The summed E-state index contributed by atoms with van der Waals surface area (Å²) in [7, 11) is 0. The van der Waals surface area contributed by atoms with Crippen LogP contribution in [0.15, 0.2) is 219 Å². The van der Waals surface area contributed by atoms with Crippen molar-refractivity contribution in [3.63, 3.8) is 0 Å². The summed E-state index contributed by atoms with van der Waals surface area (Å²) in [4.78, 5) is 37.1. The Morgan fingerprint density at radius 3 is 0.833 bits per heavy atom. The number of aromatic nitrogens is 9. The van der Waals surface area contributed by atoms with Gasteiger partial charge in [-0.05, 0) is 127 Å². The van der Waals surface area contributed by atoms with Crippen molar-refractivity contribution in [1.82, 2.24) is 43.1 Å². The standard InChI is InChI=1S/C54H36N12/c1-4-16-37(17-5-1)61(49-22-10-13-31-55-49)40-25-28-43-46(34-40)64-52(58-43)65-48-36-42(63(39-20-8-3-9-21-39)51-24-12-15-33-57-51)27-30-45(48)60-54(65)66-47-35-41(26-29-44(47)59-53(64)66)62(38-18-6-2-7-19-38)50-23-11-14-32-56-50/h1-36H. The Morgan fingerprint density at radius 2 is 0.561 bits per heavy atom. The fourth-order valence-corrected chi connectivity index (χ4v) is 9.04. The van der Waals surface area contributed by atoms with E-state index < -0.39 is 0 Å². The van der Waals surface area contributed by atoms with Gasteiger partial charge in [-0.2, -0.15) is 0 Å². The van der Waals surface area contributed by atoms with Crippen molar-refractivity contribution < 1.29 is 0 Å². The average Bonchev–Trinajstić information content (AvgIpc) is 4.07. The fourth-order valence-electron chi connectivity index (χ4n) is 9.04. The van der Waals surface area contributed by atoms with E-state index in [1.165, 1.54) is 0 Å². The Kier molecular flexibility index (Phi) is 8.52. The highest BCUT2D eigenvalue weighted by molar-refractivity contribution is 5.96. The lowest BCUT2D eigenvalue weighted by Crippen LogP contribution is -2.11. The molecule has 6 aromatic carbocycles. The van der Waals surface area contributed by atoms with Gasteiger partial charge in [0.2, 0.25) is 17.3 Å². The highest BCUT2D eigenvalue weighted by atomic mass is 15.3. The summed E-state index contributed by atoms with van der Waals surface area (Å²) in [5.41, 5.74) is 10.7. The second-order valence-corrected chi connectivity index (χ2v) is 15.8. The quantitative estimate of drug-likeness (QED) is 0.140. The van der Waals surface area contributed by atoms with Crippen LogP contribution >= 0.6 is 0 Å². The number of rotatable bonds is 9. The predicted octanol–water partition coefficient (Wildman–Crippen LogP) is 12.7. The van der Waals surface area contributed by atoms with Gasteiger partial charge in [-0.15, -0.1) is 0 Å². The predicted molar refractivity (Wildman–Crippen MR) is 263 cm³/mol. The highest BCUT2D eigenvalue weighted by Gasteiger charge is 2.25. The lowest BCUT2D eigenvalue weighted by molar-refractivity contribution is 1.01. The number of benzene rings is 6. The van der Waals surface area contributed by atoms with Gasteiger partial charge in [0.15, 0.2) is 0 Å². The molecule has 0 aliphatic rings. The van der Waals surface area contributed by atoms with Crippen LogP contribution in [0, 0.1) is 0 Å². The second kappa shape index (κ2) is 15.1. The zero-order chi connectivity index (χ0) is 43.6. The SMILES string of the molecule is c1ccc(N(c2ccc3nc4n(c3c2)c2nc3ccc(N(c5ccccc5)c5ccccn5)cc3n2c2nc3ccc(N(c5ccccc5)c5ccccn5)cc3n42)c2ccccn2)cc1. The molecule has 0 bridgehead atoms. The maximum absolute atomic E-state index is 5.40.